The summed E-state index contributed by atoms with van der Waals surface area (Å²) in [5.41, 5.74) is 1.76. The van der Waals surface area contributed by atoms with Crippen molar-refractivity contribution in [3.63, 3.8) is 0 Å². The lowest BCUT2D eigenvalue weighted by atomic mass is 10.0. The van der Waals surface area contributed by atoms with Crippen LogP contribution >= 0.6 is 0 Å². The van der Waals surface area contributed by atoms with E-state index in [-0.39, 0.29) is 18.7 Å². The number of hydrogen-bond acceptors (Lipinski definition) is 4. The zero-order valence-electron chi connectivity index (χ0n) is 17.1. The van der Waals surface area contributed by atoms with Gasteiger partial charge >= 0.3 is 0 Å². The lowest BCUT2D eigenvalue weighted by Gasteiger charge is -2.36. The first-order chi connectivity index (χ1) is 14.6. The Labute approximate surface area is 175 Å². The fourth-order valence-electron chi connectivity index (χ4n) is 4.51. The summed E-state index contributed by atoms with van der Waals surface area (Å²) in [5.74, 6) is 0.778. The van der Waals surface area contributed by atoms with Crippen molar-refractivity contribution in [2.24, 2.45) is 0 Å². The molecule has 2 unspecified atom stereocenters. The van der Waals surface area contributed by atoms with Crippen LogP contribution in [0.4, 0.5) is 20.3 Å². The van der Waals surface area contributed by atoms with Crippen molar-refractivity contribution >= 4 is 11.5 Å². The topological polar surface area (TPSA) is 48.6 Å². The van der Waals surface area contributed by atoms with Crippen LogP contribution in [-0.4, -0.2) is 49.8 Å². The maximum Gasteiger partial charge on any atom is 0.266 e. The summed E-state index contributed by atoms with van der Waals surface area (Å²) in [6.07, 6.45) is 1.73. The van der Waals surface area contributed by atoms with Crippen LogP contribution in [0.2, 0.25) is 0 Å². The number of alkyl halides is 2. The van der Waals surface area contributed by atoms with E-state index >= 15 is 0 Å². The van der Waals surface area contributed by atoms with Crippen LogP contribution in [0.5, 0.6) is 0 Å². The maximum atomic E-state index is 13.1. The second-order valence-corrected chi connectivity index (χ2v) is 8.16. The Morgan fingerprint density at radius 1 is 1.10 bits per heavy atom. The molecule has 2 atom stereocenters. The minimum Gasteiger partial charge on any atom is -0.369 e. The normalized spacial score (nSPS) is 22.9. The highest BCUT2D eigenvalue weighted by molar-refractivity contribution is 5.56. The van der Waals surface area contributed by atoms with Gasteiger partial charge in [0.25, 0.3) is 12.0 Å². The average molecular weight is 418 g/mol. The number of nitrogens with zero attached hydrogens (tertiary/aromatic N) is 2. The molecule has 2 aliphatic heterocycles. The van der Waals surface area contributed by atoms with Crippen molar-refractivity contribution in [2.45, 2.75) is 50.7 Å². The quantitative estimate of drug-likeness (QED) is 0.803. The SMILES string of the molecule is O=c1cc(N2CCOC(C(F)F)C2)cc(N2CCCCCC2Cc2ccccc2)[nH]1. The molecule has 1 aromatic heterocycles. The van der Waals surface area contributed by atoms with Crippen LogP contribution in [-0.2, 0) is 11.2 Å². The number of benzene rings is 1. The van der Waals surface area contributed by atoms with Gasteiger partial charge < -0.3 is 19.5 Å². The van der Waals surface area contributed by atoms with Crippen LogP contribution in [0.1, 0.15) is 31.2 Å². The first-order valence-corrected chi connectivity index (χ1v) is 10.8. The monoisotopic (exact) mass is 417 g/mol. The zero-order chi connectivity index (χ0) is 20.9. The van der Waals surface area contributed by atoms with Gasteiger partial charge in [-0.25, -0.2) is 8.78 Å². The van der Waals surface area contributed by atoms with Crippen molar-refractivity contribution < 1.29 is 13.5 Å². The number of hydrogen-bond donors (Lipinski definition) is 1. The van der Waals surface area contributed by atoms with Crippen molar-refractivity contribution in [3.05, 3.63) is 58.4 Å². The largest absolute Gasteiger partial charge is 0.369 e. The third kappa shape index (κ3) is 5.01. The molecule has 2 aromatic rings. The second-order valence-electron chi connectivity index (χ2n) is 8.16. The van der Waals surface area contributed by atoms with Gasteiger partial charge in [-0.15, -0.1) is 0 Å². The van der Waals surface area contributed by atoms with E-state index in [1.165, 1.54) is 18.1 Å². The van der Waals surface area contributed by atoms with Crippen LogP contribution in [0.15, 0.2) is 47.3 Å². The van der Waals surface area contributed by atoms with Gasteiger partial charge in [0.05, 0.1) is 6.61 Å². The molecule has 2 saturated heterocycles. The van der Waals surface area contributed by atoms with Gasteiger partial charge in [-0.3, -0.25) is 4.79 Å². The number of rotatable bonds is 5. The summed E-state index contributed by atoms with van der Waals surface area (Å²) in [6, 6.07) is 14.1. The van der Waals surface area contributed by atoms with Gasteiger partial charge in [-0.1, -0.05) is 43.2 Å². The highest BCUT2D eigenvalue weighted by Gasteiger charge is 2.29. The van der Waals surface area contributed by atoms with E-state index in [4.69, 9.17) is 4.74 Å². The lowest BCUT2D eigenvalue weighted by Crippen LogP contribution is -2.46. The van der Waals surface area contributed by atoms with Crippen LogP contribution in [0.25, 0.3) is 0 Å². The molecule has 4 rings (SSSR count). The Bertz CT molecular complexity index is 874. The molecular formula is C23H29F2N3O2. The number of aromatic nitrogens is 1. The van der Waals surface area contributed by atoms with E-state index < -0.39 is 12.5 Å². The fourth-order valence-corrected chi connectivity index (χ4v) is 4.51. The molecule has 30 heavy (non-hydrogen) atoms. The van der Waals surface area contributed by atoms with Crippen molar-refractivity contribution in [1.82, 2.24) is 4.98 Å². The third-order valence-electron chi connectivity index (χ3n) is 6.06. The number of aromatic amines is 1. The minimum atomic E-state index is -2.53. The molecule has 2 fully saturated rings. The Balaban J connectivity index is 1.60. The molecule has 5 nitrogen and oxygen atoms in total. The summed E-state index contributed by atoms with van der Waals surface area (Å²) < 4.78 is 31.4. The van der Waals surface area contributed by atoms with E-state index in [9.17, 15) is 13.6 Å². The molecule has 7 heteroatoms. The summed E-state index contributed by atoms with van der Waals surface area (Å²) in [6.45, 7) is 1.70. The van der Waals surface area contributed by atoms with E-state index in [2.05, 4.69) is 34.1 Å². The number of nitrogens with one attached hydrogen (secondary N) is 1. The van der Waals surface area contributed by atoms with Crippen LogP contribution in [0.3, 0.4) is 0 Å². The number of halogens is 2. The highest BCUT2D eigenvalue weighted by Crippen LogP contribution is 2.28. The lowest BCUT2D eigenvalue weighted by molar-refractivity contribution is -0.0614. The van der Waals surface area contributed by atoms with Crippen LogP contribution in [0, 0.1) is 0 Å². The Morgan fingerprint density at radius 3 is 2.73 bits per heavy atom. The van der Waals surface area contributed by atoms with Gasteiger partial charge in [-0.2, -0.15) is 0 Å². The number of anilines is 2. The molecule has 162 valence electrons. The zero-order valence-corrected chi connectivity index (χ0v) is 17.1. The molecular weight excluding hydrogens is 388 g/mol. The van der Waals surface area contributed by atoms with Crippen molar-refractivity contribution in [3.8, 4) is 0 Å². The third-order valence-corrected chi connectivity index (χ3v) is 6.06. The predicted molar refractivity (Wildman–Crippen MR) is 115 cm³/mol. The minimum absolute atomic E-state index is 0.0913. The molecule has 0 bridgehead atoms. The van der Waals surface area contributed by atoms with Gasteiger partial charge in [0, 0.05) is 43.5 Å². The van der Waals surface area contributed by atoms with E-state index in [1.54, 1.807) is 0 Å². The standard InChI is InChI=1S/C23H29F2N3O2/c24-23(25)20-16-27(11-12-30-20)19-14-21(26-22(29)15-19)28-10-6-2-5-9-18(28)13-17-7-3-1-4-8-17/h1,3-4,7-8,14-15,18,20,23H,2,5-6,9-13,16H2,(H,26,29). The Morgan fingerprint density at radius 2 is 1.93 bits per heavy atom. The second kappa shape index (κ2) is 9.60. The fraction of sp³-hybridized carbons (Fsp3) is 0.522. The molecule has 3 heterocycles. The van der Waals surface area contributed by atoms with E-state index in [0.29, 0.717) is 18.3 Å². The molecule has 2 aliphatic rings. The molecule has 0 spiro atoms. The predicted octanol–water partition coefficient (Wildman–Crippen LogP) is 3.84. The van der Waals surface area contributed by atoms with Gasteiger partial charge in [0.1, 0.15) is 11.9 Å². The maximum absolute atomic E-state index is 13.1. The summed E-state index contributed by atoms with van der Waals surface area (Å²) in [4.78, 5) is 19.6. The Hall–Kier alpha value is -2.41. The van der Waals surface area contributed by atoms with Gasteiger partial charge in [-0.05, 0) is 24.8 Å². The van der Waals surface area contributed by atoms with Gasteiger partial charge in [0.2, 0.25) is 0 Å². The van der Waals surface area contributed by atoms with Crippen molar-refractivity contribution in [1.29, 1.82) is 0 Å². The van der Waals surface area contributed by atoms with E-state index in [1.807, 2.05) is 17.0 Å². The molecule has 0 amide bonds. The first-order valence-electron chi connectivity index (χ1n) is 10.8. The summed E-state index contributed by atoms with van der Waals surface area (Å²) >= 11 is 0. The number of morpholine rings is 1. The Kier molecular flexibility index (Phi) is 6.67. The highest BCUT2D eigenvalue weighted by atomic mass is 19.3. The molecule has 0 saturated carbocycles. The molecule has 1 N–H and O–H groups in total. The number of ether oxygens (including phenoxy) is 1. The summed E-state index contributed by atoms with van der Waals surface area (Å²) in [7, 11) is 0. The van der Waals surface area contributed by atoms with E-state index in [0.717, 1.165) is 38.0 Å². The smallest absolute Gasteiger partial charge is 0.266 e. The number of H-pyrrole nitrogens is 1. The molecule has 0 radical (unpaired) electrons. The number of pyridine rings is 1. The average Bonchev–Trinajstić information content (AvgIpc) is 2.99. The van der Waals surface area contributed by atoms with Crippen LogP contribution < -0.4 is 15.4 Å². The van der Waals surface area contributed by atoms with Gasteiger partial charge in [0.15, 0.2) is 0 Å². The first kappa shape index (κ1) is 20.8. The molecule has 0 aliphatic carbocycles. The van der Waals surface area contributed by atoms with Crippen molar-refractivity contribution in [2.75, 3.05) is 36.0 Å². The summed E-state index contributed by atoms with van der Waals surface area (Å²) in [5, 5.41) is 0. The molecule has 1 aromatic carbocycles.